The average molecular weight is 485 g/mol. The lowest BCUT2D eigenvalue weighted by Gasteiger charge is -2.24. The third-order valence-electron chi connectivity index (χ3n) is 5.26. The minimum absolute atomic E-state index is 0.0716. The van der Waals surface area contributed by atoms with Crippen LogP contribution in [0.1, 0.15) is 31.7 Å². The zero-order chi connectivity index (χ0) is 24.8. The number of primary amides is 1. The summed E-state index contributed by atoms with van der Waals surface area (Å²) in [5.74, 6) is -0.705. The molecule has 1 saturated heterocycles. The maximum Gasteiger partial charge on any atom is 0.255 e. The topological polar surface area (TPSA) is 122 Å². The van der Waals surface area contributed by atoms with E-state index in [1.54, 1.807) is 4.90 Å². The van der Waals surface area contributed by atoms with Gasteiger partial charge >= 0.3 is 0 Å². The Balaban J connectivity index is 1.67. The highest BCUT2D eigenvalue weighted by atomic mass is 32.2. The van der Waals surface area contributed by atoms with Gasteiger partial charge in [0.25, 0.3) is 5.91 Å². The molecule has 0 bridgehead atoms. The predicted molar refractivity (Wildman–Crippen MR) is 135 cm³/mol. The SMILES string of the molecule is CC[C@H](C(N)=O)N1CC(CCNC(=O)CSCC(=O)N=Cc2ccccccccc2)CC1=O. The summed E-state index contributed by atoms with van der Waals surface area (Å²) >= 11 is 1.20. The van der Waals surface area contributed by atoms with Gasteiger partial charge in [0, 0.05) is 25.7 Å². The molecule has 3 N–H and O–H groups in total. The zero-order valence-corrected chi connectivity index (χ0v) is 20.2. The largest absolute Gasteiger partial charge is 0.368 e. The van der Waals surface area contributed by atoms with E-state index in [9.17, 15) is 19.2 Å². The molecule has 2 rings (SSSR count). The molecule has 1 aromatic rings. The summed E-state index contributed by atoms with van der Waals surface area (Å²) in [7, 11) is 0. The number of nitrogens with zero attached hydrogens (tertiary/aromatic N) is 2. The Morgan fingerprint density at radius 2 is 1.79 bits per heavy atom. The van der Waals surface area contributed by atoms with Crippen LogP contribution in [0, 0.1) is 5.92 Å². The van der Waals surface area contributed by atoms with Gasteiger partial charge in [0.2, 0.25) is 17.7 Å². The second-order valence-corrected chi connectivity index (χ2v) is 8.89. The lowest BCUT2D eigenvalue weighted by atomic mass is 10.0. The summed E-state index contributed by atoms with van der Waals surface area (Å²) in [6.07, 6.45) is 3.00. The van der Waals surface area contributed by atoms with E-state index in [0.29, 0.717) is 32.4 Å². The van der Waals surface area contributed by atoms with E-state index in [0.717, 1.165) is 5.56 Å². The summed E-state index contributed by atoms with van der Waals surface area (Å²) in [5, 5.41) is 2.82. The summed E-state index contributed by atoms with van der Waals surface area (Å²) in [4.78, 5) is 53.2. The Morgan fingerprint density at radius 3 is 2.41 bits per heavy atom. The van der Waals surface area contributed by atoms with Gasteiger partial charge in [-0.05, 0) is 24.3 Å². The van der Waals surface area contributed by atoms with E-state index in [-0.39, 0.29) is 35.1 Å². The van der Waals surface area contributed by atoms with Crippen molar-refractivity contribution in [3.63, 3.8) is 0 Å². The standard InChI is InChI=1S/C25H32N4O4S/c1-2-21(25(26)33)29-16-20(14-24(29)32)12-13-27-22(30)17-34-18-23(31)28-15-19-10-8-6-4-3-5-7-9-11-19/h3-11,15,20-21H,2,12-14,16-18H2,1H3,(H2,26,33)(H,27,30)/t20?,21-/m1/s1. The third-order valence-corrected chi connectivity index (χ3v) is 6.18. The Kier molecular flexibility index (Phi) is 11.8. The molecule has 1 aliphatic heterocycles. The Labute approximate surface area is 204 Å². The Morgan fingerprint density at radius 1 is 1.15 bits per heavy atom. The van der Waals surface area contributed by atoms with E-state index >= 15 is 0 Å². The van der Waals surface area contributed by atoms with E-state index in [2.05, 4.69) is 10.3 Å². The van der Waals surface area contributed by atoms with E-state index in [4.69, 9.17) is 5.73 Å². The molecule has 2 atom stereocenters. The second-order valence-electron chi connectivity index (χ2n) is 7.91. The molecule has 34 heavy (non-hydrogen) atoms. The monoisotopic (exact) mass is 484 g/mol. The summed E-state index contributed by atoms with van der Waals surface area (Å²) in [6.45, 7) is 2.74. The number of nitrogens with one attached hydrogen (secondary N) is 1. The predicted octanol–water partition coefficient (Wildman–Crippen LogP) is 2.11. The highest BCUT2D eigenvalue weighted by Gasteiger charge is 2.35. The van der Waals surface area contributed by atoms with Gasteiger partial charge in [0.15, 0.2) is 0 Å². The van der Waals surface area contributed by atoms with Crippen molar-refractivity contribution in [1.82, 2.24) is 10.2 Å². The zero-order valence-electron chi connectivity index (χ0n) is 19.4. The minimum Gasteiger partial charge on any atom is -0.368 e. The van der Waals surface area contributed by atoms with Crippen LogP contribution >= 0.6 is 11.8 Å². The normalized spacial score (nSPS) is 16.2. The minimum atomic E-state index is -0.567. The molecule has 182 valence electrons. The average Bonchev–Trinajstić information content (AvgIpc) is 3.16. The van der Waals surface area contributed by atoms with Crippen LogP contribution in [0.15, 0.2) is 59.6 Å². The number of rotatable bonds is 11. The number of carbonyl (C=O) groups is 4. The second kappa shape index (κ2) is 14.8. The number of hydrogen-bond acceptors (Lipinski definition) is 5. The molecule has 0 spiro atoms. The van der Waals surface area contributed by atoms with E-state index < -0.39 is 11.9 Å². The van der Waals surface area contributed by atoms with Gasteiger partial charge in [-0.1, -0.05) is 61.5 Å². The molecule has 0 aromatic heterocycles. The highest BCUT2D eigenvalue weighted by Crippen LogP contribution is 2.23. The first-order chi connectivity index (χ1) is 16.4. The van der Waals surface area contributed by atoms with Crippen molar-refractivity contribution in [2.75, 3.05) is 24.6 Å². The number of amides is 4. The molecule has 1 fully saturated rings. The van der Waals surface area contributed by atoms with Crippen molar-refractivity contribution in [2.45, 2.75) is 32.2 Å². The molecule has 4 amide bonds. The molecule has 0 aliphatic carbocycles. The first kappa shape index (κ1) is 27.0. The van der Waals surface area contributed by atoms with Crippen molar-refractivity contribution in [3.05, 3.63) is 60.2 Å². The van der Waals surface area contributed by atoms with Crippen molar-refractivity contribution < 1.29 is 19.2 Å². The highest BCUT2D eigenvalue weighted by molar-refractivity contribution is 8.00. The Bertz CT molecular complexity index is 927. The van der Waals surface area contributed by atoms with Crippen LogP contribution in [-0.4, -0.2) is 65.4 Å². The summed E-state index contributed by atoms with van der Waals surface area (Å²) < 4.78 is 0. The number of hydrogen-bond donors (Lipinski definition) is 2. The molecule has 1 unspecified atom stereocenters. The van der Waals surface area contributed by atoms with Crippen LogP contribution in [0.4, 0.5) is 0 Å². The molecule has 1 heterocycles. The number of nitrogens with two attached hydrogens (primary N) is 1. The van der Waals surface area contributed by atoms with Crippen molar-refractivity contribution in [2.24, 2.45) is 16.6 Å². The van der Waals surface area contributed by atoms with Crippen LogP contribution in [0.3, 0.4) is 0 Å². The Hall–Kier alpha value is -3.20. The molecule has 1 aromatic carbocycles. The maximum absolute atomic E-state index is 12.2. The van der Waals surface area contributed by atoms with Gasteiger partial charge < -0.3 is 16.0 Å². The van der Waals surface area contributed by atoms with E-state index in [1.165, 1.54) is 18.0 Å². The van der Waals surface area contributed by atoms with Gasteiger partial charge in [-0.2, -0.15) is 0 Å². The first-order valence-corrected chi connectivity index (χ1v) is 12.4. The molecular weight excluding hydrogens is 452 g/mol. The summed E-state index contributed by atoms with van der Waals surface area (Å²) in [6, 6.07) is 16.4. The maximum atomic E-state index is 12.2. The van der Waals surface area contributed by atoms with Gasteiger partial charge in [-0.3, -0.25) is 19.2 Å². The lowest BCUT2D eigenvalue weighted by molar-refractivity contribution is -0.136. The summed E-state index contributed by atoms with van der Waals surface area (Å²) in [5.41, 5.74) is 6.17. The quantitative estimate of drug-likeness (QED) is 0.466. The van der Waals surface area contributed by atoms with Crippen LogP contribution in [-0.2, 0) is 19.2 Å². The fourth-order valence-electron chi connectivity index (χ4n) is 3.56. The van der Waals surface area contributed by atoms with Gasteiger partial charge in [-0.25, -0.2) is 4.99 Å². The van der Waals surface area contributed by atoms with Crippen LogP contribution in [0.5, 0.6) is 0 Å². The van der Waals surface area contributed by atoms with Crippen molar-refractivity contribution >= 4 is 41.6 Å². The number of thioether (sulfide) groups is 1. The number of aliphatic imine (C=N–C) groups is 1. The molecule has 9 heteroatoms. The van der Waals surface area contributed by atoms with Crippen molar-refractivity contribution in [1.29, 1.82) is 0 Å². The number of carbonyl (C=O) groups excluding carboxylic acids is 4. The van der Waals surface area contributed by atoms with Crippen molar-refractivity contribution in [3.8, 4) is 0 Å². The molecule has 8 nitrogen and oxygen atoms in total. The molecular formula is C25H32N4O4S. The first-order valence-electron chi connectivity index (χ1n) is 11.3. The van der Waals surface area contributed by atoms with Crippen LogP contribution in [0.25, 0.3) is 0 Å². The van der Waals surface area contributed by atoms with Crippen LogP contribution < -0.4 is 11.1 Å². The van der Waals surface area contributed by atoms with E-state index in [1.807, 2.05) is 61.5 Å². The van der Waals surface area contributed by atoms with Gasteiger partial charge in [-0.15, -0.1) is 11.8 Å². The van der Waals surface area contributed by atoms with Crippen LogP contribution in [0.2, 0.25) is 0 Å². The smallest absolute Gasteiger partial charge is 0.255 e. The lowest BCUT2D eigenvalue weighted by Crippen LogP contribution is -2.45. The molecule has 0 radical (unpaired) electrons. The van der Waals surface area contributed by atoms with Gasteiger partial charge in [0.1, 0.15) is 6.04 Å². The number of likely N-dealkylation sites (tertiary alicyclic amines) is 1. The molecule has 1 aliphatic rings. The van der Waals surface area contributed by atoms with Gasteiger partial charge in [0.05, 0.1) is 11.5 Å². The molecule has 0 saturated carbocycles. The third kappa shape index (κ3) is 9.74. The fraction of sp³-hybridized carbons (Fsp3) is 0.400. The fourth-order valence-corrected chi connectivity index (χ4v) is 4.19.